The lowest BCUT2D eigenvalue weighted by Crippen LogP contribution is -2.23. The number of fused-ring (bicyclic) bond motifs is 1. The molecule has 1 heterocycles. The van der Waals surface area contributed by atoms with E-state index in [4.69, 9.17) is 4.98 Å². The Bertz CT molecular complexity index is 828. The lowest BCUT2D eigenvalue weighted by molar-refractivity contribution is 0.510. The van der Waals surface area contributed by atoms with E-state index in [2.05, 4.69) is 53.1 Å². The maximum absolute atomic E-state index is 15.6. The Morgan fingerprint density at radius 2 is 1.44 bits per heavy atom. The Balaban J connectivity index is 3.08. The first-order valence-electron chi connectivity index (χ1n) is 8.86. The van der Waals surface area contributed by atoms with Crippen LogP contribution >= 0.6 is 0 Å². The van der Waals surface area contributed by atoms with Gasteiger partial charge < -0.3 is 0 Å². The third-order valence-corrected chi connectivity index (χ3v) is 4.31. The Hall–Kier alpha value is -1.77. The monoisotopic (exact) mass is 342 g/mol. The van der Waals surface area contributed by atoms with Gasteiger partial charge in [0, 0.05) is 21.8 Å². The van der Waals surface area contributed by atoms with Crippen LogP contribution in [0.2, 0.25) is 0 Å². The number of rotatable bonds is 1. The van der Waals surface area contributed by atoms with Crippen LogP contribution in [0.4, 0.5) is 4.39 Å². The molecule has 0 atom stereocenters. The molecule has 0 bridgehead atoms. The quantitative estimate of drug-likeness (QED) is 0.607. The van der Waals surface area contributed by atoms with Gasteiger partial charge in [0.15, 0.2) is 5.82 Å². The van der Waals surface area contributed by atoms with Crippen molar-refractivity contribution in [3.8, 4) is 0 Å². The standard InChI is InChI=1S/C22H31FN2/c1-11-13-12-14-17(16(23)15(13)20(2,3)4)24-19(22(8,9)10)25-18(14)21(5,6)7/h11-12H,1H2,2-10H3. The fourth-order valence-corrected chi connectivity index (χ4v) is 3.08. The third kappa shape index (κ3) is 3.61. The second kappa shape index (κ2) is 5.89. The molecule has 2 nitrogen and oxygen atoms in total. The molecule has 3 heteroatoms. The molecule has 0 saturated heterocycles. The first-order chi connectivity index (χ1) is 11.2. The van der Waals surface area contributed by atoms with E-state index in [-0.39, 0.29) is 22.1 Å². The van der Waals surface area contributed by atoms with Crippen molar-refractivity contribution in [2.24, 2.45) is 0 Å². The Morgan fingerprint density at radius 3 is 1.84 bits per heavy atom. The number of hydrogen-bond acceptors (Lipinski definition) is 2. The van der Waals surface area contributed by atoms with E-state index >= 15 is 4.39 Å². The van der Waals surface area contributed by atoms with Crippen molar-refractivity contribution in [2.45, 2.75) is 78.6 Å². The van der Waals surface area contributed by atoms with Crippen LogP contribution in [0, 0.1) is 5.82 Å². The third-order valence-electron chi connectivity index (χ3n) is 4.31. The summed E-state index contributed by atoms with van der Waals surface area (Å²) in [5.41, 5.74) is 1.97. The molecule has 2 rings (SSSR count). The minimum Gasteiger partial charge on any atom is -0.236 e. The average molecular weight is 343 g/mol. The summed E-state index contributed by atoms with van der Waals surface area (Å²) in [5.74, 6) is 0.424. The summed E-state index contributed by atoms with van der Waals surface area (Å²) in [6, 6.07) is 2.00. The zero-order valence-corrected chi connectivity index (χ0v) is 17.1. The largest absolute Gasteiger partial charge is 0.236 e. The first kappa shape index (κ1) is 19.6. The summed E-state index contributed by atoms with van der Waals surface area (Å²) in [6.45, 7) is 22.4. The van der Waals surface area contributed by atoms with Crippen LogP contribution in [0.25, 0.3) is 17.0 Å². The van der Waals surface area contributed by atoms with Crippen LogP contribution in [0.3, 0.4) is 0 Å². The van der Waals surface area contributed by atoms with Gasteiger partial charge in [-0.2, -0.15) is 0 Å². The highest BCUT2D eigenvalue weighted by atomic mass is 19.1. The summed E-state index contributed by atoms with van der Waals surface area (Å²) in [6.07, 6.45) is 1.73. The summed E-state index contributed by atoms with van der Waals surface area (Å²) in [4.78, 5) is 9.49. The molecule has 0 saturated carbocycles. The van der Waals surface area contributed by atoms with E-state index < -0.39 is 0 Å². The number of hydrogen-bond donors (Lipinski definition) is 0. The van der Waals surface area contributed by atoms with Crippen molar-refractivity contribution in [2.75, 3.05) is 0 Å². The Labute approximate surface area is 151 Å². The van der Waals surface area contributed by atoms with Crippen LogP contribution in [-0.4, -0.2) is 9.97 Å². The van der Waals surface area contributed by atoms with Crippen LogP contribution in [-0.2, 0) is 16.2 Å². The molecule has 0 unspecified atom stereocenters. The van der Waals surface area contributed by atoms with Gasteiger partial charge in [0.25, 0.3) is 0 Å². The van der Waals surface area contributed by atoms with Gasteiger partial charge in [-0.15, -0.1) is 0 Å². The van der Waals surface area contributed by atoms with Gasteiger partial charge in [-0.25, -0.2) is 14.4 Å². The molecule has 0 N–H and O–H groups in total. The Kier molecular flexibility index (Phi) is 4.61. The summed E-state index contributed by atoms with van der Waals surface area (Å²) in [5, 5.41) is 0.779. The van der Waals surface area contributed by atoms with Crippen molar-refractivity contribution in [1.82, 2.24) is 9.97 Å². The first-order valence-corrected chi connectivity index (χ1v) is 8.86. The van der Waals surface area contributed by atoms with E-state index in [1.807, 2.05) is 26.8 Å². The highest BCUT2D eigenvalue weighted by Gasteiger charge is 2.30. The van der Waals surface area contributed by atoms with E-state index in [0.29, 0.717) is 16.9 Å². The maximum Gasteiger partial charge on any atom is 0.153 e. The molecule has 136 valence electrons. The number of benzene rings is 1. The van der Waals surface area contributed by atoms with Gasteiger partial charge in [0.2, 0.25) is 0 Å². The predicted molar refractivity (Wildman–Crippen MR) is 106 cm³/mol. The fraction of sp³-hybridized carbons (Fsp3) is 0.545. The molecule has 0 aliphatic rings. The van der Waals surface area contributed by atoms with Crippen LogP contribution in [0.15, 0.2) is 12.6 Å². The smallest absolute Gasteiger partial charge is 0.153 e. The van der Waals surface area contributed by atoms with Crippen molar-refractivity contribution in [3.63, 3.8) is 0 Å². The molecule has 2 aromatic rings. The molecular formula is C22H31FN2. The summed E-state index contributed by atoms with van der Waals surface area (Å²) < 4.78 is 15.6. The predicted octanol–water partition coefficient (Wildman–Crippen LogP) is 6.30. The van der Waals surface area contributed by atoms with Crippen molar-refractivity contribution >= 4 is 17.0 Å². The molecular weight excluding hydrogens is 311 g/mol. The van der Waals surface area contributed by atoms with E-state index in [9.17, 15) is 0 Å². The molecule has 0 radical (unpaired) electrons. The molecule has 0 aliphatic carbocycles. The van der Waals surface area contributed by atoms with Crippen LogP contribution < -0.4 is 0 Å². The molecule has 25 heavy (non-hydrogen) atoms. The van der Waals surface area contributed by atoms with Gasteiger partial charge in [0.05, 0.1) is 5.69 Å². The molecule has 0 aliphatic heterocycles. The molecule has 1 aromatic carbocycles. The fourth-order valence-electron chi connectivity index (χ4n) is 3.08. The van der Waals surface area contributed by atoms with Crippen LogP contribution in [0.5, 0.6) is 0 Å². The average Bonchev–Trinajstić information content (AvgIpc) is 2.42. The number of aromatic nitrogens is 2. The second-order valence-corrected chi connectivity index (χ2v) is 9.90. The maximum atomic E-state index is 15.6. The van der Waals surface area contributed by atoms with Gasteiger partial charge >= 0.3 is 0 Å². The summed E-state index contributed by atoms with van der Waals surface area (Å²) in [7, 11) is 0. The molecule has 1 aromatic heterocycles. The van der Waals surface area contributed by atoms with Crippen LogP contribution in [0.1, 0.15) is 85.0 Å². The minimum atomic E-state index is -0.337. The van der Waals surface area contributed by atoms with Gasteiger partial charge in [-0.1, -0.05) is 75.0 Å². The van der Waals surface area contributed by atoms with E-state index in [1.165, 1.54) is 0 Å². The lowest BCUT2D eigenvalue weighted by atomic mass is 9.80. The molecule has 0 spiro atoms. The molecule has 0 amide bonds. The highest BCUT2D eigenvalue weighted by Crippen LogP contribution is 2.37. The number of nitrogens with zero attached hydrogens (tertiary/aromatic N) is 2. The second-order valence-electron chi connectivity index (χ2n) is 9.90. The van der Waals surface area contributed by atoms with Gasteiger partial charge in [-0.05, 0) is 17.0 Å². The van der Waals surface area contributed by atoms with Crippen molar-refractivity contribution in [1.29, 1.82) is 0 Å². The number of halogens is 1. The van der Waals surface area contributed by atoms with E-state index in [1.54, 1.807) is 6.08 Å². The van der Waals surface area contributed by atoms with Crippen molar-refractivity contribution < 1.29 is 4.39 Å². The zero-order chi connectivity index (χ0) is 19.4. The molecule has 0 fully saturated rings. The highest BCUT2D eigenvalue weighted by molar-refractivity contribution is 5.86. The summed E-state index contributed by atoms with van der Waals surface area (Å²) >= 11 is 0. The lowest BCUT2D eigenvalue weighted by Gasteiger charge is -2.27. The Morgan fingerprint density at radius 1 is 0.880 bits per heavy atom. The topological polar surface area (TPSA) is 25.8 Å². The SMILES string of the molecule is C=Cc1cc2c(C(C)(C)C)nc(C(C)(C)C)nc2c(F)c1C(C)(C)C. The minimum absolute atomic E-state index is 0.213. The normalized spacial score (nSPS) is 13.4. The zero-order valence-electron chi connectivity index (χ0n) is 17.1. The van der Waals surface area contributed by atoms with Gasteiger partial charge in [-0.3, -0.25) is 0 Å². The van der Waals surface area contributed by atoms with Gasteiger partial charge in [0.1, 0.15) is 11.3 Å². The van der Waals surface area contributed by atoms with Crippen molar-refractivity contribution in [3.05, 3.63) is 41.1 Å². The van der Waals surface area contributed by atoms with E-state index in [0.717, 1.165) is 16.6 Å².